The molecule has 32 heavy (non-hydrogen) atoms. The molecule has 2 saturated heterocycles. The molecule has 7 nitrogen and oxygen atoms in total. The number of hydrogen-bond acceptors (Lipinski definition) is 3. The van der Waals surface area contributed by atoms with Crippen molar-refractivity contribution < 1.29 is 14.4 Å². The molecule has 0 aromatic heterocycles. The second-order valence-electron chi connectivity index (χ2n) is 11.3. The zero-order valence-corrected chi connectivity index (χ0v) is 19.5. The van der Waals surface area contributed by atoms with Crippen LogP contribution in [0.5, 0.6) is 0 Å². The van der Waals surface area contributed by atoms with Gasteiger partial charge in [-0.2, -0.15) is 0 Å². The van der Waals surface area contributed by atoms with Gasteiger partial charge in [0.1, 0.15) is 0 Å². The molecular formula is C25H40N4O3. The molecule has 0 atom stereocenters. The van der Waals surface area contributed by atoms with Gasteiger partial charge < -0.3 is 20.0 Å². The van der Waals surface area contributed by atoms with Crippen molar-refractivity contribution in [2.45, 2.75) is 70.6 Å². The van der Waals surface area contributed by atoms with E-state index in [1.54, 1.807) is 0 Å². The normalized spacial score (nSPS) is 34.6. The molecular weight excluding hydrogens is 404 g/mol. The maximum Gasteiger partial charge on any atom is 0.317 e. The lowest BCUT2D eigenvalue weighted by Crippen LogP contribution is -2.59. The van der Waals surface area contributed by atoms with E-state index in [0.717, 1.165) is 75.8 Å². The number of nitrogens with zero attached hydrogens (tertiary/aromatic N) is 3. The number of carbonyl (C=O) groups is 3. The topological polar surface area (TPSA) is 73.0 Å². The van der Waals surface area contributed by atoms with E-state index in [1.165, 1.54) is 19.3 Å². The van der Waals surface area contributed by atoms with Crippen LogP contribution >= 0.6 is 0 Å². The van der Waals surface area contributed by atoms with Crippen LogP contribution in [-0.2, 0) is 9.59 Å². The minimum absolute atomic E-state index is 0.0332. The Balaban J connectivity index is 1.04. The van der Waals surface area contributed by atoms with E-state index in [4.69, 9.17) is 0 Å². The van der Waals surface area contributed by atoms with Crippen LogP contribution in [0.2, 0.25) is 0 Å². The van der Waals surface area contributed by atoms with E-state index in [9.17, 15) is 14.4 Å². The summed E-state index contributed by atoms with van der Waals surface area (Å²) in [5.74, 6) is 2.98. The number of piperazine rings is 1. The predicted octanol–water partition coefficient (Wildman–Crippen LogP) is 2.85. The number of carbonyl (C=O) groups excluding carboxylic acids is 3. The summed E-state index contributed by atoms with van der Waals surface area (Å²) in [6.45, 7) is 4.74. The zero-order valence-electron chi connectivity index (χ0n) is 19.5. The Hall–Kier alpha value is -1.79. The highest BCUT2D eigenvalue weighted by Crippen LogP contribution is 2.60. The summed E-state index contributed by atoms with van der Waals surface area (Å²) < 4.78 is 0. The lowest BCUT2D eigenvalue weighted by molar-refractivity contribution is -0.159. The summed E-state index contributed by atoms with van der Waals surface area (Å²) >= 11 is 0. The average Bonchev–Trinajstić information content (AvgIpc) is 2.99. The van der Waals surface area contributed by atoms with Gasteiger partial charge in [0.25, 0.3) is 0 Å². The van der Waals surface area contributed by atoms with Gasteiger partial charge in [-0.05, 0) is 75.5 Å². The third kappa shape index (κ3) is 4.49. The van der Waals surface area contributed by atoms with Gasteiger partial charge >= 0.3 is 6.03 Å². The van der Waals surface area contributed by atoms with Crippen LogP contribution in [-0.4, -0.2) is 78.4 Å². The number of nitrogens with one attached hydrogen (secondary N) is 1. The predicted molar refractivity (Wildman–Crippen MR) is 122 cm³/mol. The standard InChI is InChI=1S/C25H40N4O3/c30-22-5-2-1-3-7-27(22)8-4-6-26-24(32)29-11-9-28(10-12-29)23(31)25-16-19-13-20(17-25)15-21(14-19)18-25/h19-21H,1-18H2,(H,26,32). The molecule has 6 aliphatic rings. The van der Waals surface area contributed by atoms with E-state index in [1.807, 2.05) is 9.80 Å². The molecule has 7 heteroatoms. The van der Waals surface area contributed by atoms with Gasteiger partial charge in [0.15, 0.2) is 0 Å². The highest BCUT2D eigenvalue weighted by atomic mass is 16.2. The lowest BCUT2D eigenvalue weighted by atomic mass is 9.49. The van der Waals surface area contributed by atoms with Gasteiger partial charge in [0.05, 0.1) is 5.41 Å². The number of hydrogen-bond donors (Lipinski definition) is 1. The van der Waals surface area contributed by atoms with Gasteiger partial charge in [0, 0.05) is 52.2 Å². The monoisotopic (exact) mass is 444 g/mol. The zero-order chi connectivity index (χ0) is 22.1. The molecule has 6 fully saturated rings. The Labute approximate surface area is 192 Å². The minimum Gasteiger partial charge on any atom is -0.343 e. The van der Waals surface area contributed by atoms with Gasteiger partial charge in [0.2, 0.25) is 11.8 Å². The summed E-state index contributed by atoms with van der Waals surface area (Å²) in [7, 11) is 0. The van der Waals surface area contributed by atoms with Crippen molar-refractivity contribution in [3.8, 4) is 0 Å². The molecule has 2 aliphatic heterocycles. The summed E-state index contributed by atoms with van der Waals surface area (Å²) in [4.78, 5) is 44.0. The van der Waals surface area contributed by atoms with E-state index in [0.29, 0.717) is 45.1 Å². The highest BCUT2D eigenvalue weighted by molar-refractivity contribution is 5.84. The third-order valence-corrected chi connectivity index (χ3v) is 8.90. The van der Waals surface area contributed by atoms with E-state index in [-0.39, 0.29) is 17.4 Å². The molecule has 0 radical (unpaired) electrons. The Morgan fingerprint density at radius 3 is 2.12 bits per heavy atom. The van der Waals surface area contributed by atoms with Gasteiger partial charge in [-0.15, -0.1) is 0 Å². The fraction of sp³-hybridized carbons (Fsp3) is 0.880. The van der Waals surface area contributed by atoms with Crippen molar-refractivity contribution in [3.63, 3.8) is 0 Å². The number of rotatable bonds is 5. The van der Waals surface area contributed by atoms with Crippen molar-refractivity contribution in [1.29, 1.82) is 0 Å². The number of urea groups is 1. The Kier molecular flexibility index (Phi) is 6.35. The van der Waals surface area contributed by atoms with E-state index >= 15 is 0 Å². The first-order valence-corrected chi connectivity index (χ1v) is 13.1. The lowest BCUT2D eigenvalue weighted by Gasteiger charge is -2.57. The molecule has 0 aromatic carbocycles. The fourth-order valence-electron chi connectivity index (χ4n) is 7.67. The van der Waals surface area contributed by atoms with Crippen molar-refractivity contribution in [2.75, 3.05) is 45.8 Å². The average molecular weight is 445 g/mol. The van der Waals surface area contributed by atoms with Crippen molar-refractivity contribution in [1.82, 2.24) is 20.0 Å². The molecule has 0 unspecified atom stereocenters. The molecule has 4 amide bonds. The van der Waals surface area contributed by atoms with Crippen LogP contribution in [0.3, 0.4) is 0 Å². The highest BCUT2D eigenvalue weighted by Gasteiger charge is 2.55. The second kappa shape index (κ2) is 9.22. The molecule has 4 bridgehead atoms. The van der Waals surface area contributed by atoms with Crippen molar-refractivity contribution >= 4 is 17.8 Å². The van der Waals surface area contributed by atoms with Crippen LogP contribution < -0.4 is 5.32 Å². The quantitative estimate of drug-likeness (QED) is 0.663. The van der Waals surface area contributed by atoms with Crippen molar-refractivity contribution in [2.24, 2.45) is 23.2 Å². The molecule has 178 valence electrons. The maximum atomic E-state index is 13.5. The van der Waals surface area contributed by atoms with Crippen LogP contribution in [0.1, 0.15) is 70.6 Å². The minimum atomic E-state index is -0.0794. The summed E-state index contributed by atoms with van der Waals surface area (Å²) in [6.07, 6.45) is 12.1. The first-order valence-electron chi connectivity index (χ1n) is 13.1. The fourth-order valence-corrected chi connectivity index (χ4v) is 7.67. The molecule has 0 spiro atoms. The molecule has 0 aromatic rings. The summed E-state index contributed by atoms with van der Waals surface area (Å²) in [6, 6.07) is -0.0332. The van der Waals surface area contributed by atoms with E-state index < -0.39 is 0 Å². The maximum absolute atomic E-state index is 13.5. The van der Waals surface area contributed by atoms with Crippen molar-refractivity contribution in [3.05, 3.63) is 0 Å². The third-order valence-electron chi connectivity index (χ3n) is 8.90. The number of amides is 4. The SMILES string of the molecule is O=C1CCCCCN1CCCNC(=O)N1CCN(C(=O)C23CC4CC(CC(C4)C2)C3)CC1. The Bertz CT molecular complexity index is 695. The Morgan fingerprint density at radius 2 is 1.47 bits per heavy atom. The smallest absolute Gasteiger partial charge is 0.317 e. The summed E-state index contributed by atoms with van der Waals surface area (Å²) in [5.41, 5.74) is -0.0794. The Morgan fingerprint density at radius 1 is 0.844 bits per heavy atom. The first kappa shape index (κ1) is 22.0. The second-order valence-corrected chi connectivity index (χ2v) is 11.3. The van der Waals surface area contributed by atoms with Gasteiger partial charge in [-0.1, -0.05) is 6.42 Å². The number of likely N-dealkylation sites (tertiary alicyclic amines) is 1. The van der Waals surface area contributed by atoms with Gasteiger partial charge in [-0.3, -0.25) is 9.59 Å². The first-order chi connectivity index (χ1) is 15.5. The summed E-state index contributed by atoms with van der Waals surface area (Å²) in [5, 5.41) is 3.02. The van der Waals surface area contributed by atoms with Crippen LogP contribution in [0, 0.1) is 23.2 Å². The molecule has 4 saturated carbocycles. The van der Waals surface area contributed by atoms with Crippen LogP contribution in [0.4, 0.5) is 4.79 Å². The van der Waals surface area contributed by atoms with Gasteiger partial charge in [-0.25, -0.2) is 4.79 Å². The largest absolute Gasteiger partial charge is 0.343 e. The van der Waals surface area contributed by atoms with Crippen LogP contribution in [0.25, 0.3) is 0 Å². The van der Waals surface area contributed by atoms with E-state index in [2.05, 4.69) is 10.2 Å². The molecule has 4 aliphatic carbocycles. The van der Waals surface area contributed by atoms with Crippen LogP contribution in [0.15, 0.2) is 0 Å². The molecule has 2 heterocycles. The molecule has 1 N–H and O–H groups in total. The molecule has 6 rings (SSSR count).